The summed E-state index contributed by atoms with van der Waals surface area (Å²) in [7, 11) is 0. The Bertz CT molecular complexity index is 1180. The number of amides is 3. The number of aromatic nitrogens is 2. The summed E-state index contributed by atoms with van der Waals surface area (Å²) in [6.07, 6.45) is -1.26. The van der Waals surface area contributed by atoms with Crippen molar-refractivity contribution in [3.63, 3.8) is 0 Å². The molecule has 0 radical (unpaired) electrons. The Morgan fingerprint density at radius 1 is 1.25 bits per heavy atom. The summed E-state index contributed by atoms with van der Waals surface area (Å²) >= 11 is 0. The van der Waals surface area contributed by atoms with E-state index < -0.39 is 29.8 Å². The van der Waals surface area contributed by atoms with Gasteiger partial charge in [0.2, 0.25) is 11.7 Å². The highest BCUT2D eigenvalue weighted by molar-refractivity contribution is 5.93. The van der Waals surface area contributed by atoms with Crippen LogP contribution in [0.25, 0.3) is 11.4 Å². The molecule has 3 aromatic rings. The van der Waals surface area contributed by atoms with Gasteiger partial charge in [0.05, 0.1) is 24.3 Å². The molecule has 1 atom stereocenters. The van der Waals surface area contributed by atoms with Gasteiger partial charge in [-0.1, -0.05) is 23.4 Å². The third-order valence-corrected chi connectivity index (χ3v) is 4.85. The van der Waals surface area contributed by atoms with Gasteiger partial charge in [-0.3, -0.25) is 14.5 Å². The summed E-state index contributed by atoms with van der Waals surface area (Å²) in [5.41, 5.74) is 5.97. The van der Waals surface area contributed by atoms with Crippen molar-refractivity contribution in [1.29, 1.82) is 0 Å². The van der Waals surface area contributed by atoms with E-state index in [1.165, 1.54) is 28.9 Å². The maximum Gasteiger partial charge on any atom is 0.414 e. The number of ether oxygens (including phenoxy) is 1. The maximum atomic E-state index is 14.7. The molecule has 2 heterocycles. The van der Waals surface area contributed by atoms with Gasteiger partial charge in [-0.2, -0.15) is 4.98 Å². The molecule has 3 amide bonds. The van der Waals surface area contributed by atoms with E-state index in [1.807, 2.05) is 6.07 Å². The summed E-state index contributed by atoms with van der Waals surface area (Å²) in [4.78, 5) is 42.1. The van der Waals surface area contributed by atoms with Crippen molar-refractivity contribution in [2.24, 2.45) is 5.73 Å². The highest BCUT2D eigenvalue weighted by Crippen LogP contribution is 2.28. The zero-order chi connectivity index (χ0) is 22.8. The summed E-state index contributed by atoms with van der Waals surface area (Å²) in [5, 5.41) is 3.53. The summed E-state index contributed by atoms with van der Waals surface area (Å²) in [5.74, 6) is -2.45. The zero-order valence-corrected chi connectivity index (χ0v) is 16.9. The van der Waals surface area contributed by atoms with Crippen molar-refractivity contribution in [2.45, 2.75) is 13.0 Å². The normalized spacial score (nSPS) is 15.5. The molecule has 0 bridgehead atoms. The van der Waals surface area contributed by atoms with E-state index in [1.54, 1.807) is 24.3 Å². The molecule has 10 nitrogen and oxygen atoms in total. The molecule has 1 aliphatic rings. The van der Waals surface area contributed by atoms with Crippen molar-refractivity contribution in [3.05, 3.63) is 60.2 Å². The topological polar surface area (TPSA) is 132 Å². The number of primary amides is 1. The van der Waals surface area contributed by atoms with Gasteiger partial charge in [0.25, 0.3) is 0 Å². The monoisotopic (exact) mass is 439 g/mol. The molecule has 1 aliphatic heterocycles. The molecule has 2 aromatic carbocycles. The highest BCUT2D eigenvalue weighted by Gasteiger charge is 2.35. The standard InChI is InChI=1S/C21H18FN5O5/c1-12(28)26(13-5-3-2-4-6-13)10-15-11-27(21(30)31-15)14-7-8-16(17(22)9-14)19-24-20(18(23)29)32-25-19/h2-9,15H,10-11H2,1H3,(H2,23,29)/t15-/m0/s1. The zero-order valence-electron chi connectivity index (χ0n) is 16.9. The van der Waals surface area contributed by atoms with Gasteiger partial charge in [0.1, 0.15) is 11.9 Å². The summed E-state index contributed by atoms with van der Waals surface area (Å²) in [6, 6.07) is 13.0. The number of anilines is 2. The van der Waals surface area contributed by atoms with Gasteiger partial charge in [0, 0.05) is 12.6 Å². The van der Waals surface area contributed by atoms with E-state index in [4.69, 9.17) is 10.5 Å². The van der Waals surface area contributed by atoms with Crippen molar-refractivity contribution >= 4 is 29.3 Å². The van der Waals surface area contributed by atoms with E-state index in [0.717, 1.165) is 6.07 Å². The van der Waals surface area contributed by atoms with Gasteiger partial charge >= 0.3 is 17.9 Å². The van der Waals surface area contributed by atoms with Crippen molar-refractivity contribution in [1.82, 2.24) is 10.1 Å². The highest BCUT2D eigenvalue weighted by atomic mass is 19.1. The lowest BCUT2D eigenvalue weighted by Gasteiger charge is -2.23. The Hall–Kier alpha value is -4.28. The molecular formula is C21H18FN5O5. The average molecular weight is 439 g/mol. The predicted octanol–water partition coefficient (Wildman–Crippen LogP) is 2.35. The van der Waals surface area contributed by atoms with Gasteiger partial charge in [-0.05, 0) is 30.3 Å². The fourth-order valence-electron chi connectivity index (χ4n) is 3.34. The molecule has 0 spiro atoms. The lowest BCUT2D eigenvalue weighted by molar-refractivity contribution is -0.116. The molecule has 164 valence electrons. The second-order valence-corrected chi connectivity index (χ2v) is 7.03. The number of carbonyl (C=O) groups is 3. The lowest BCUT2D eigenvalue weighted by atomic mass is 10.1. The quantitative estimate of drug-likeness (QED) is 0.623. The molecule has 1 fully saturated rings. The number of rotatable bonds is 6. The minimum absolute atomic E-state index is 0.0269. The molecule has 4 rings (SSSR count). The fourth-order valence-corrected chi connectivity index (χ4v) is 3.34. The first-order valence-corrected chi connectivity index (χ1v) is 9.58. The van der Waals surface area contributed by atoms with Crippen LogP contribution < -0.4 is 15.5 Å². The van der Waals surface area contributed by atoms with Crippen LogP contribution in [0.15, 0.2) is 53.1 Å². The third kappa shape index (κ3) is 4.13. The molecule has 1 saturated heterocycles. The third-order valence-electron chi connectivity index (χ3n) is 4.85. The van der Waals surface area contributed by atoms with Crippen LogP contribution in [0.1, 0.15) is 17.6 Å². The number of cyclic esters (lactones) is 1. The van der Waals surface area contributed by atoms with Crippen molar-refractivity contribution in [3.8, 4) is 11.4 Å². The maximum absolute atomic E-state index is 14.7. The molecule has 32 heavy (non-hydrogen) atoms. The van der Waals surface area contributed by atoms with Gasteiger partial charge in [-0.25, -0.2) is 9.18 Å². The van der Waals surface area contributed by atoms with Crippen LogP contribution in [0.3, 0.4) is 0 Å². The van der Waals surface area contributed by atoms with Gasteiger partial charge in [0.15, 0.2) is 0 Å². The minimum atomic E-state index is -0.929. The van der Waals surface area contributed by atoms with Crippen LogP contribution in [0, 0.1) is 5.82 Å². The first kappa shape index (κ1) is 21.0. The minimum Gasteiger partial charge on any atom is -0.442 e. The van der Waals surface area contributed by atoms with Gasteiger partial charge < -0.3 is 19.9 Å². The van der Waals surface area contributed by atoms with E-state index in [9.17, 15) is 18.8 Å². The first-order valence-electron chi connectivity index (χ1n) is 9.58. The Kier molecular flexibility index (Phi) is 5.54. The number of hydrogen-bond acceptors (Lipinski definition) is 7. The van der Waals surface area contributed by atoms with Crippen LogP contribution in [-0.2, 0) is 9.53 Å². The van der Waals surface area contributed by atoms with Crippen molar-refractivity contribution in [2.75, 3.05) is 22.9 Å². The van der Waals surface area contributed by atoms with Crippen molar-refractivity contribution < 1.29 is 28.0 Å². The second-order valence-electron chi connectivity index (χ2n) is 7.03. The van der Waals surface area contributed by atoms with E-state index >= 15 is 0 Å². The fraction of sp³-hybridized carbons (Fsp3) is 0.190. The smallest absolute Gasteiger partial charge is 0.414 e. The Morgan fingerprint density at radius 3 is 2.62 bits per heavy atom. The second kappa shape index (κ2) is 8.46. The Balaban J connectivity index is 1.51. The van der Waals surface area contributed by atoms with E-state index in [2.05, 4.69) is 14.7 Å². The molecule has 1 aromatic heterocycles. The van der Waals surface area contributed by atoms with E-state index in [-0.39, 0.29) is 36.1 Å². The molecule has 11 heteroatoms. The van der Waals surface area contributed by atoms with Crippen LogP contribution in [-0.4, -0.2) is 47.2 Å². The van der Waals surface area contributed by atoms with Crippen LogP contribution in [0.2, 0.25) is 0 Å². The average Bonchev–Trinajstić information content (AvgIpc) is 3.39. The number of carbonyl (C=O) groups excluding carboxylic acids is 3. The largest absolute Gasteiger partial charge is 0.442 e. The SMILES string of the molecule is CC(=O)N(C[C@H]1CN(c2ccc(-c3noc(C(N)=O)n3)c(F)c2)C(=O)O1)c1ccccc1. The number of nitrogens with two attached hydrogens (primary N) is 1. The number of para-hydroxylation sites is 1. The molecule has 2 N–H and O–H groups in total. The molecular weight excluding hydrogens is 421 g/mol. The van der Waals surface area contributed by atoms with Crippen LogP contribution in [0.5, 0.6) is 0 Å². The lowest BCUT2D eigenvalue weighted by Crippen LogP contribution is -2.38. The number of hydrogen-bond donors (Lipinski definition) is 1. The number of nitrogens with zero attached hydrogens (tertiary/aromatic N) is 4. The Labute approximate surface area is 181 Å². The predicted molar refractivity (Wildman–Crippen MR) is 110 cm³/mol. The molecule has 0 aliphatic carbocycles. The Morgan fingerprint density at radius 2 is 2.00 bits per heavy atom. The van der Waals surface area contributed by atoms with E-state index in [0.29, 0.717) is 5.69 Å². The van der Waals surface area contributed by atoms with Crippen LogP contribution in [0.4, 0.5) is 20.6 Å². The number of halogens is 1. The molecule has 0 saturated carbocycles. The first-order chi connectivity index (χ1) is 15.3. The van der Waals surface area contributed by atoms with Gasteiger partial charge in [-0.15, -0.1) is 0 Å². The summed E-state index contributed by atoms with van der Waals surface area (Å²) < 4.78 is 24.8. The molecule has 0 unspecified atom stereocenters. The number of benzene rings is 2. The summed E-state index contributed by atoms with van der Waals surface area (Å²) in [6.45, 7) is 1.71. The van der Waals surface area contributed by atoms with Crippen LogP contribution >= 0.6 is 0 Å².